The number of imidazole rings is 1. The van der Waals surface area contributed by atoms with Gasteiger partial charge in [0, 0.05) is 42.1 Å². The van der Waals surface area contributed by atoms with Crippen LogP contribution in [0.4, 0.5) is 0 Å². The van der Waals surface area contributed by atoms with E-state index in [-0.39, 0.29) is 39.6 Å². The van der Waals surface area contributed by atoms with Crippen LogP contribution in [0.2, 0.25) is 0 Å². The zero-order valence-corrected chi connectivity index (χ0v) is 41.9. The molecule has 356 valence electrons. The lowest BCUT2D eigenvalue weighted by Gasteiger charge is -2.27. The number of hydrogen-bond donors (Lipinski definition) is 1. The van der Waals surface area contributed by atoms with Gasteiger partial charge in [0.05, 0.1) is 37.6 Å². The fraction of sp³-hybridized carbons (Fsp3) is 0.354. The number of hydrogen-bond acceptors (Lipinski definition) is 3. The van der Waals surface area contributed by atoms with E-state index < -0.39 is 120 Å². The first-order valence-corrected chi connectivity index (χ1v) is 23.2. The molecule has 69 heavy (non-hydrogen) atoms. The quantitative estimate of drug-likeness (QED) is 0.165. The van der Waals surface area contributed by atoms with Gasteiger partial charge in [-0.3, -0.25) is 9.55 Å². The van der Waals surface area contributed by atoms with Crippen molar-refractivity contribution in [3.05, 3.63) is 166 Å². The van der Waals surface area contributed by atoms with Crippen molar-refractivity contribution in [3.8, 4) is 67.5 Å². The molecular formula is C65H75N3O. The minimum Gasteiger partial charge on any atom is -0.507 e. The number of para-hydroxylation sites is 1. The molecule has 6 aromatic carbocycles. The van der Waals surface area contributed by atoms with Crippen LogP contribution in [-0.4, -0.2) is 19.6 Å². The van der Waals surface area contributed by atoms with Crippen molar-refractivity contribution in [3.63, 3.8) is 0 Å². The molecule has 2 heterocycles. The van der Waals surface area contributed by atoms with Crippen LogP contribution in [0.15, 0.2) is 127 Å². The van der Waals surface area contributed by atoms with Gasteiger partial charge in [0.25, 0.3) is 0 Å². The van der Waals surface area contributed by atoms with Crippen molar-refractivity contribution in [2.45, 2.75) is 151 Å². The fourth-order valence-corrected chi connectivity index (χ4v) is 8.71. The van der Waals surface area contributed by atoms with Crippen molar-refractivity contribution < 1.29 is 33.9 Å². The minimum absolute atomic E-state index is 0.0944. The molecule has 0 aliphatic rings. The van der Waals surface area contributed by atoms with E-state index in [1.54, 1.807) is 86.9 Å². The highest BCUT2D eigenvalue weighted by atomic mass is 16.3. The average molecular weight is 935 g/mol. The van der Waals surface area contributed by atoms with Crippen LogP contribution in [0.5, 0.6) is 5.75 Å². The Labute approximate surface area is 443 Å². The molecule has 8 rings (SSSR count). The molecular weight excluding hydrogens is 839 g/mol. The van der Waals surface area contributed by atoms with Gasteiger partial charge >= 0.3 is 0 Å². The molecule has 0 radical (unpaired) electrons. The standard InChI is InChI=1S/C65H75N3O/c1-39(2)50-20-18-21-51(40(3)4)58(50)44-26-29-56(41(5)32-44)68-57-23-19-22-52(59(57)67-61(68)53-37-49(64(12,13)14)38-54(60(53)69)65(15,16)17)45-33-46(35-48(34-45)63(9,10)11)55-36-43(30-31-66-55)42-24-27-47(28-25-42)62(6,7)8/h18-40,69H,1-17H3/i5D3,6D3,7D3,8D3,24D,25D,27D,28D,30D,31D,36D,39D,40D. The normalized spacial score (nSPS) is 18.2. The van der Waals surface area contributed by atoms with Crippen molar-refractivity contribution in [1.29, 1.82) is 0 Å². The summed E-state index contributed by atoms with van der Waals surface area (Å²) in [6.45, 7) is 10.0. The number of aromatic hydroxyl groups is 1. The Morgan fingerprint density at radius 3 is 1.84 bits per heavy atom. The number of aryl methyl sites for hydroxylation is 1. The highest BCUT2D eigenvalue weighted by Gasteiger charge is 2.30. The molecule has 0 aliphatic carbocycles. The molecule has 0 saturated carbocycles. The first kappa shape index (κ1) is 29.0. The third kappa shape index (κ3) is 9.70. The van der Waals surface area contributed by atoms with Gasteiger partial charge in [-0.2, -0.15) is 0 Å². The summed E-state index contributed by atoms with van der Waals surface area (Å²) in [6, 6.07) is 18.2. The first-order chi connectivity index (χ1) is 40.7. The number of aromatic nitrogens is 3. The molecule has 2 aromatic heterocycles. The Kier molecular flexibility index (Phi) is 7.54. The second-order valence-electron chi connectivity index (χ2n) is 21.6. The summed E-state index contributed by atoms with van der Waals surface area (Å²) in [5.41, 5.74) is -2.52. The van der Waals surface area contributed by atoms with Gasteiger partial charge in [-0.1, -0.05) is 183 Å². The van der Waals surface area contributed by atoms with E-state index in [1.165, 1.54) is 0 Å². The minimum atomic E-state index is -3.96. The maximum Gasteiger partial charge on any atom is 0.149 e. The third-order valence-corrected chi connectivity index (χ3v) is 12.6. The topological polar surface area (TPSA) is 50.9 Å². The fourth-order valence-electron chi connectivity index (χ4n) is 8.71. The highest BCUT2D eigenvalue weighted by Crippen LogP contribution is 2.46. The van der Waals surface area contributed by atoms with Gasteiger partial charge in [-0.15, -0.1) is 0 Å². The van der Waals surface area contributed by atoms with E-state index in [0.29, 0.717) is 55.5 Å². The van der Waals surface area contributed by atoms with Crippen molar-refractivity contribution in [2.24, 2.45) is 0 Å². The summed E-state index contributed by atoms with van der Waals surface area (Å²) in [6.07, 6.45) is -0.790. The third-order valence-electron chi connectivity index (χ3n) is 12.6. The number of fused-ring (bicyclic) bond motifs is 1. The van der Waals surface area contributed by atoms with Crippen molar-refractivity contribution in [2.75, 3.05) is 0 Å². The summed E-state index contributed by atoms with van der Waals surface area (Å²) in [4.78, 5) is 9.82. The van der Waals surface area contributed by atoms with Crippen molar-refractivity contribution in [1.82, 2.24) is 14.5 Å². The highest BCUT2D eigenvalue weighted by molar-refractivity contribution is 5.97. The molecule has 0 fully saturated rings. The zero-order chi connectivity index (χ0) is 68.1. The molecule has 8 aromatic rings. The Morgan fingerprint density at radius 2 is 1.23 bits per heavy atom. The second kappa shape index (κ2) is 17.9. The van der Waals surface area contributed by atoms with Gasteiger partial charge < -0.3 is 5.11 Å². The van der Waals surface area contributed by atoms with E-state index in [4.69, 9.17) is 22.8 Å². The van der Waals surface area contributed by atoms with E-state index in [9.17, 15) is 16.1 Å². The Hall–Kier alpha value is -6.26. The summed E-state index contributed by atoms with van der Waals surface area (Å²) >= 11 is 0. The summed E-state index contributed by atoms with van der Waals surface area (Å²) in [5, 5.41) is 12.7. The SMILES string of the molecule is [2H]c1nc(-c2cc(-c3cccc4c3nc(-c3cc(C(C)(C)C)cc(C(C)(C)C)c3O)n4-c3ccc(-c4c(C([2H])(C)C)cccc4C([2H])(C)C)cc3C([2H])([2H])[2H])cc(C(C)(C)C)c2)c([2H])c(-c2c([2H])c([2H])c(C(C([2H])([2H])[2H])(C([2H])([2H])[2H])C([2H])([2H])[2H])c([2H])c2[2H])c1[2H]. The largest absolute Gasteiger partial charge is 0.507 e. The summed E-state index contributed by atoms with van der Waals surface area (Å²) in [7, 11) is 0. The van der Waals surface area contributed by atoms with Gasteiger partial charge in [0.15, 0.2) is 0 Å². The maximum absolute atomic E-state index is 12.7. The molecule has 0 spiro atoms. The zero-order valence-electron chi connectivity index (χ0n) is 62.9. The number of nitrogens with zero attached hydrogens (tertiary/aromatic N) is 3. The first-order valence-electron chi connectivity index (χ1n) is 33.7. The van der Waals surface area contributed by atoms with Crippen LogP contribution < -0.4 is 0 Å². The summed E-state index contributed by atoms with van der Waals surface area (Å²) in [5.74, 6) is -2.27. The average Bonchev–Trinajstić information content (AvgIpc) is 0.753. The Bertz CT molecular complexity index is 4090. The summed E-state index contributed by atoms with van der Waals surface area (Å²) < 4.78 is 187. The van der Waals surface area contributed by atoms with Crippen molar-refractivity contribution >= 4 is 11.0 Å². The lowest BCUT2D eigenvalue weighted by Crippen LogP contribution is -2.17. The van der Waals surface area contributed by atoms with Gasteiger partial charge in [0.2, 0.25) is 0 Å². The molecule has 4 nitrogen and oxygen atoms in total. The molecule has 0 bridgehead atoms. The number of benzene rings is 6. The van der Waals surface area contributed by atoms with Gasteiger partial charge in [-0.25, -0.2) is 4.98 Å². The molecule has 0 amide bonds. The van der Waals surface area contributed by atoms with Crippen LogP contribution in [0, 0.1) is 6.85 Å². The predicted molar refractivity (Wildman–Crippen MR) is 295 cm³/mol. The van der Waals surface area contributed by atoms with E-state index in [1.807, 2.05) is 92.6 Å². The smallest absolute Gasteiger partial charge is 0.149 e. The van der Waals surface area contributed by atoms with Crippen LogP contribution >= 0.6 is 0 Å². The van der Waals surface area contributed by atoms with Gasteiger partial charge in [0.1, 0.15) is 11.6 Å². The maximum atomic E-state index is 12.7. The van der Waals surface area contributed by atoms with Crippen LogP contribution in [-0.2, 0) is 21.7 Å². The van der Waals surface area contributed by atoms with Crippen LogP contribution in [0.1, 0.15) is 190 Å². The van der Waals surface area contributed by atoms with Crippen LogP contribution in [0.25, 0.3) is 72.7 Å². The lowest BCUT2D eigenvalue weighted by atomic mass is 9.79. The molecule has 0 atom stereocenters. The Morgan fingerprint density at radius 1 is 0.594 bits per heavy atom. The van der Waals surface area contributed by atoms with E-state index in [0.717, 1.165) is 5.56 Å². The van der Waals surface area contributed by atoms with E-state index >= 15 is 0 Å². The molecule has 0 aliphatic heterocycles. The number of phenols is 1. The van der Waals surface area contributed by atoms with Gasteiger partial charge in [-0.05, 0) is 150 Å². The molecule has 0 saturated heterocycles. The number of phenolic OH excluding ortho intramolecular Hbond substituents is 1. The molecule has 4 heteroatoms. The second-order valence-corrected chi connectivity index (χ2v) is 21.6. The van der Waals surface area contributed by atoms with Crippen LogP contribution in [0.3, 0.4) is 0 Å². The molecule has 0 unspecified atom stereocenters. The Balaban J connectivity index is 1.49. The number of pyridine rings is 1. The monoisotopic (exact) mass is 935 g/mol. The van der Waals surface area contributed by atoms with E-state index in [2.05, 4.69) is 4.98 Å². The lowest BCUT2D eigenvalue weighted by molar-refractivity contribution is 0.446. The molecule has 1 N–H and O–H groups in total. The number of rotatable bonds is 8. The predicted octanol–water partition coefficient (Wildman–Crippen LogP) is 18.2.